The molecule has 0 spiro atoms. The van der Waals surface area contributed by atoms with Gasteiger partial charge in [-0.05, 0) is 17.7 Å². The molecule has 0 bridgehead atoms. The first kappa shape index (κ1) is 19.8. The number of ether oxygens (including phenoxy) is 1. The molecule has 1 atom stereocenters. The number of hydrogen-bond acceptors (Lipinski definition) is 4. The minimum Gasteiger partial charge on any atom is -0.459 e. The van der Waals surface area contributed by atoms with E-state index in [2.05, 4.69) is 0 Å². The molecule has 0 aromatic heterocycles. The Morgan fingerprint density at radius 1 is 1.15 bits per heavy atom. The van der Waals surface area contributed by atoms with Crippen LogP contribution in [0.2, 0.25) is 5.02 Å². The Bertz CT molecular complexity index is 771. The number of carbonyl (C=O) groups is 2. The second-order valence-corrected chi connectivity index (χ2v) is 5.82. The standard InChI is InChI=1S/C18H16ClF2NO4/c19-14-8-4-7-13(9-14)18(20,21)17(25)22-15(10-23)16(24)26-11-12-5-2-1-3-6-12/h1-9,15,23H,10-11H2,(H,22,25)/t15-/m0/s1. The Hall–Kier alpha value is -2.51. The first-order valence-corrected chi connectivity index (χ1v) is 7.98. The summed E-state index contributed by atoms with van der Waals surface area (Å²) in [6.45, 7) is -0.998. The summed E-state index contributed by atoms with van der Waals surface area (Å²) < 4.78 is 33.4. The lowest BCUT2D eigenvalue weighted by atomic mass is 10.1. The first-order valence-electron chi connectivity index (χ1n) is 7.61. The van der Waals surface area contributed by atoms with Crippen LogP contribution in [-0.2, 0) is 26.9 Å². The maximum Gasteiger partial charge on any atom is 0.349 e. The number of carbonyl (C=O) groups excluding carboxylic acids is 2. The third-order valence-corrected chi connectivity index (χ3v) is 3.70. The van der Waals surface area contributed by atoms with E-state index in [1.54, 1.807) is 35.6 Å². The molecule has 2 rings (SSSR count). The van der Waals surface area contributed by atoms with Crippen molar-refractivity contribution in [3.05, 3.63) is 70.7 Å². The summed E-state index contributed by atoms with van der Waals surface area (Å²) in [4.78, 5) is 23.8. The van der Waals surface area contributed by atoms with Crippen molar-refractivity contribution < 1.29 is 28.2 Å². The predicted octanol–water partition coefficient (Wildman–Crippen LogP) is 2.65. The molecule has 8 heteroatoms. The van der Waals surface area contributed by atoms with Crippen LogP contribution in [0.15, 0.2) is 54.6 Å². The van der Waals surface area contributed by atoms with Gasteiger partial charge in [0.2, 0.25) is 0 Å². The molecule has 2 aromatic carbocycles. The summed E-state index contributed by atoms with van der Waals surface area (Å²) in [5.74, 6) is -6.69. The van der Waals surface area contributed by atoms with Gasteiger partial charge in [0.15, 0.2) is 6.04 Å². The molecule has 0 unspecified atom stereocenters. The van der Waals surface area contributed by atoms with E-state index in [4.69, 9.17) is 16.3 Å². The molecule has 0 saturated heterocycles. The fourth-order valence-corrected chi connectivity index (χ4v) is 2.26. The fourth-order valence-electron chi connectivity index (χ4n) is 2.07. The summed E-state index contributed by atoms with van der Waals surface area (Å²) in [6.07, 6.45) is 0. The number of halogens is 3. The van der Waals surface area contributed by atoms with Crippen LogP contribution < -0.4 is 5.32 Å². The summed E-state index contributed by atoms with van der Waals surface area (Å²) in [7, 11) is 0. The zero-order valence-corrected chi connectivity index (χ0v) is 14.2. The zero-order valence-electron chi connectivity index (χ0n) is 13.5. The monoisotopic (exact) mass is 383 g/mol. The number of rotatable bonds is 7. The number of nitrogens with one attached hydrogen (secondary N) is 1. The van der Waals surface area contributed by atoms with Crippen molar-refractivity contribution in [2.24, 2.45) is 0 Å². The number of hydrogen-bond donors (Lipinski definition) is 2. The highest BCUT2D eigenvalue weighted by Gasteiger charge is 2.42. The third-order valence-electron chi connectivity index (χ3n) is 3.47. The van der Waals surface area contributed by atoms with Gasteiger partial charge >= 0.3 is 11.9 Å². The molecule has 0 aliphatic heterocycles. The minimum absolute atomic E-state index is 0.0379. The molecular formula is C18H16ClF2NO4. The van der Waals surface area contributed by atoms with Crippen LogP contribution in [0.25, 0.3) is 0 Å². The Kier molecular flexibility index (Phi) is 6.65. The van der Waals surface area contributed by atoms with E-state index < -0.39 is 36.0 Å². The summed E-state index contributed by atoms with van der Waals surface area (Å²) in [5.41, 5.74) is 0.0463. The number of esters is 1. The summed E-state index contributed by atoms with van der Waals surface area (Å²) in [6, 6.07) is 11.7. The third kappa shape index (κ3) is 5.00. The van der Waals surface area contributed by atoms with Gasteiger partial charge in [-0.25, -0.2) is 4.79 Å². The van der Waals surface area contributed by atoms with E-state index in [0.29, 0.717) is 5.56 Å². The van der Waals surface area contributed by atoms with E-state index in [0.717, 1.165) is 12.1 Å². The number of benzene rings is 2. The van der Waals surface area contributed by atoms with Crippen LogP contribution in [0.5, 0.6) is 0 Å². The maximum atomic E-state index is 14.2. The van der Waals surface area contributed by atoms with Crippen molar-refractivity contribution in [2.45, 2.75) is 18.6 Å². The fraction of sp³-hybridized carbons (Fsp3) is 0.222. The second-order valence-electron chi connectivity index (χ2n) is 5.39. The molecule has 138 valence electrons. The lowest BCUT2D eigenvalue weighted by molar-refractivity contribution is -0.156. The number of amides is 1. The Labute approximate surface area is 153 Å². The van der Waals surface area contributed by atoms with E-state index >= 15 is 0 Å². The van der Waals surface area contributed by atoms with Crippen molar-refractivity contribution in [3.8, 4) is 0 Å². The molecule has 5 nitrogen and oxygen atoms in total. The smallest absolute Gasteiger partial charge is 0.349 e. The number of alkyl halides is 2. The van der Waals surface area contributed by atoms with Crippen LogP contribution in [0.1, 0.15) is 11.1 Å². The second kappa shape index (κ2) is 8.73. The summed E-state index contributed by atoms with van der Waals surface area (Å²) >= 11 is 5.66. The van der Waals surface area contributed by atoms with Gasteiger partial charge in [-0.2, -0.15) is 8.78 Å². The van der Waals surface area contributed by atoms with Crippen LogP contribution >= 0.6 is 11.6 Å². The van der Waals surface area contributed by atoms with E-state index in [1.807, 2.05) is 0 Å². The minimum atomic E-state index is -3.93. The van der Waals surface area contributed by atoms with Gasteiger partial charge in [-0.1, -0.05) is 54.1 Å². The Morgan fingerprint density at radius 2 is 1.85 bits per heavy atom. The molecule has 2 N–H and O–H groups in total. The average Bonchev–Trinajstić information content (AvgIpc) is 2.64. The Morgan fingerprint density at radius 3 is 2.46 bits per heavy atom. The lowest BCUT2D eigenvalue weighted by Crippen LogP contribution is -2.49. The van der Waals surface area contributed by atoms with Gasteiger partial charge in [-0.3, -0.25) is 4.79 Å². The average molecular weight is 384 g/mol. The van der Waals surface area contributed by atoms with Crippen molar-refractivity contribution in [3.63, 3.8) is 0 Å². The van der Waals surface area contributed by atoms with Crippen molar-refractivity contribution in [1.82, 2.24) is 5.32 Å². The molecule has 0 aliphatic rings. The highest BCUT2D eigenvalue weighted by atomic mass is 35.5. The first-order chi connectivity index (χ1) is 12.3. The van der Waals surface area contributed by atoms with Gasteiger partial charge in [0, 0.05) is 10.6 Å². The molecule has 0 heterocycles. The summed E-state index contributed by atoms with van der Waals surface area (Å²) in [5, 5.41) is 11.1. The molecular weight excluding hydrogens is 368 g/mol. The number of aliphatic hydroxyl groups excluding tert-OH is 1. The van der Waals surface area contributed by atoms with Gasteiger partial charge in [0.05, 0.1) is 6.61 Å². The van der Waals surface area contributed by atoms with Crippen LogP contribution in [-0.4, -0.2) is 29.6 Å². The molecule has 0 fully saturated rings. The number of aliphatic hydroxyl groups is 1. The van der Waals surface area contributed by atoms with Crippen LogP contribution in [0, 0.1) is 0 Å². The predicted molar refractivity (Wildman–Crippen MR) is 90.6 cm³/mol. The largest absolute Gasteiger partial charge is 0.459 e. The molecule has 0 radical (unpaired) electrons. The zero-order chi connectivity index (χ0) is 19.2. The molecule has 0 saturated carbocycles. The van der Waals surface area contributed by atoms with Gasteiger partial charge in [-0.15, -0.1) is 0 Å². The van der Waals surface area contributed by atoms with Gasteiger partial charge in [0.25, 0.3) is 5.91 Å². The highest BCUT2D eigenvalue weighted by molar-refractivity contribution is 6.30. The maximum absolute atomic E-state index is 14.2. The van der Waals surface area contributed by atoms with Crippen LogP contribution in [0.4, 0.5) is 8.78 Å². The topological polar surface area (TPSA) is 75.6 Å². The molecule has 2 aromatic rings. The molecule has 1 amide bonds. The normalized spacial score (nSPS) is 12.3. The van der Waals surface area contributed by atoms with Crippen molar-refractivity contribution in [2.75, 3.05) is 6.61 Å². The van der Waals surface area contributed by atoms with E-state index in [9.17, 15) is 23.5 Å². The van der Waals surface area contributed by atoms with Gasteiger partial charge in [0.1, 0.15) is 6.61 Å². The van der Waals surface area contributed by atoms with Crippen molar-refractivity contribution in [1.29, 1.82) is 0 Å². The van der Waals surface area contributed by atoms with Crippen molar-refractivity contribution >= 4 is 23.5 Å². The lowest BCUT2D eigenvalue weighted by Gasteiger charge is -2.20. The quantitative estimate of drug-likeness (QED) is 0.721. The van der Waals surface area contributed by atoms with E-state index in [-0.39, 0.29) is 11.6 Å². The molecule has 0 aliphatic carbocycles. The highest BCUT2D eigenvalue weighted by Crippen LogP contribution is 2.30. The SMILES string of the molecule is O=C(OCc1ccccc1)[C@H](CO)NC(=O)C(F)(F)c1cccc(Cl)c1. The van der Waals surface area contributed by atoms with E-state index in [1.165, 1.54) is 12.1 Å². The molecule has 26 heavy (non-hydrogen) atoms. The van der Waals surface area contributed by atoms with Crippen LogP contribution in [0.3, 0.4) is 0 Å². The Balaban J connectivity index is 2.01. The van der Waals surface area contributed by atoms with Gasteiger partial charge < -0.3 is 15.2 Å².